The van der Waals surface area contributed by atoms with Crippen molar-refractivity contribution in [2.45, 2.75) is 13.3 Å². The summed E-state index contributed by atoms with van der Waals surface area (Å²) in [7, 11) is 0. The van der Waals surface area contributed by atoms with Crippen molar-refractivity contribution in [3.63, 3.8) is 0 Å². The molecule has 0 saturated heterocycles. The summed E-state index contributed by atoms with van der Waals surface area (Å²) in [5.41, 5.74) is 0.541. The molecule has 0 aliphatic rings. The lowest BCUT2D eigenvalue weighted by atomic mass is 10.2. The molecule has 1 aromatic carbocycles. The smallest absolute Gasteiger partial charge is 0.319 e. The highest BCUT2D eigenvalue weighted by Crippen LogP contribution is 2.15. The third kappa shape index (κ3) is 4.44. The molecule has 0 aliphatic carbocycles. The van der Waals surface area contributed by atoms with Gasteiger partial charge < -0.3 is 15.7 Å². The van der Waals surface area contributed by atoms with Crippen LogP contribution in [0.15, 0.2) is 18.2 Å². The van der Waals surface area contributed by atoms with E-state index in [2.05, 4.69) is 22.5 Å². The Morgan fingerprint density at radius 3 is 2.89 bits per heavy atom. The maximum absolute atomic E-state index is 13.6. The van der Waals surface area contributed by atoms with E-state index in [0.29, 0.717) is 12.1 Å². The summed E-state index contributed by atoms with van der Waals surface area (Å²) < 4.78 is 13.6. The van der Waals surface area contributed by atoms with Gasteiger partial charge in [-0.25, -0.2) is 9.18 Å². The van der Waals surface area contributed by atoms with Gasteiger partial charge in [-0.1, -0.05) is 18.8 Å². The molecule has 0 heterocycles. The molecule has 0 fully saturated rings. The average molecular weight is 250 g/mol. The van der Waals surface area contributed by atoms with E-state index in [-0.39, 0.29) is 12.3 Å². The van der Waals surface area contributed by atoms with Crippen molar-refractivity contribution < 1.29 is 14.3 Å². The number of amides is 2. The highest BCUT2D eigenvalue weighted by molar-refractivity contribution is 5.89. The largest absolute Gasteiger partial charge is 0.384 e. The average Bonchev–Trinajstić information content (AvgIpc) is 2.36. The normalized spacial score (nSPS) is 9.28. The van der Waals surface area contributed by atoms with Crippen LogP contribution in [0, 0.1) is 17.7 Å². The van der Waals surface area contributed by atoms with Crippen LogP contribution in [0.4, 0.5) is 14.9 Å². The fourth-order valence-electron chi connectivity index (χ4n) is 1.24. The predicted octanol–water partition coefficient (Wildman–Crippen LogP) is 1.70. The minimum atomic E-state index is -0.564. The molecule has 0 atom stereocenters. The Balaban J connectivity index is 2.70. The first-order valence-electron chi connectivity index (χ1n) is 5.61. The number of anilines is 1. The van der Waals surface area contributed by atoms with Gasteiger partial charge in [0.1, 0.15) is 12.4 Å². The van der Waals surface area contributed by atoms with Gasteiger partial charge >= 0.3 is 6.03 Å². The van der Waals surface area contributed by atoms with Crippen molar-refractivity contribution in [1.29, 1.82) is 0 Å². The number of hydrogen-bond donors (Lipinski definition) is 3. The minimum Gasteiger partial charge on any atom is -0.384 e. The van der Waals surface area contributed by atoms with Gasteiger partial charge in [0.05, 0.1) is 5.69 Å². The van der Waals surface area contributed by atoms with Gasteiger partial charge in [0.25, 0.3) is 0 Å². The Kier molecular flexibility index (Phi) is 5.68. The molecule has 5 heteroatoms. The van der Waals surface area contributed by atoms with Gasteiger partial charge in [0.2, 0.25) is 0 Å². The van der Waals surface area contributed by atoms with Crippen LogP contribution in [-0.4, -0.2) is 24.3 Å². The Bertz CT molecular complexity index is 478. The second kappa shape index (κ2) is 7.30. The topological polar surface area (TPSA) is 61.4 Å². The number of aliphatic hydroxyl groups is 1. The van der Waals surface area contributed by atoms with E-state index in [1.807, 2.05) is 6.92 Å². The SMILES string of the molecule is CCCNC(=O)Nc1ccc(C#CCO)cc1F. The molecule has 0 unspecified atom stereocenters. The monoisotopic (exact) mass is 250 g/mol. The maximum Gasteiger partial charge on any atom is 0.319 e. The number of nitrogens with one attached hydrogen (secondary N) is 2. The van der Waals surface area contributed by atoms with Gasteiger partial charge in [-0.15, -0.1) is 0 Å². The van der Waals surface area contributed by atoms with E-state index in [1.165, 1.54) is 12.1 Å². The number of aliphatic hydroxyl groups excluding tert-OH is 1. The van der Waals surface area contributed by atoms with Crippen molar-refractivity contribution in [1.82, 2.24) is 5.32 Å². The van der Waals surface area contributed by atoms with Gasteiger partial charge in [-0.3, -0.25) is 0 Å². The molecule has 0 spiro atoms. The number of carbonyl (C=O) groups excluding carboxylic acids is 1. The molecule has 18 heavy (non-hydrogen) atoms. The van der Waals surface area contributed by atoms with Gasteiger partial charge in [0.15, 0.2) is 0 Å². The van der Waals surface area contributed by atoms with Crippen LogP contribution in [0.1, 0.15) is 18.9 Å². The second-order valence-corrected chi connectivity index (χ2v) is 3.54. The van der Waals surface area contributed by atoms with Crippen molar-refractivity contribution in [3.8, 4) is 11.8 Å². The Labute approximate surface area is 105 Å². The Morgan fingerprint density at radius 1 is 1.50 bits per heavy atom. The standard InChI is InChI=1S/C13H15FN2O2/c1-2-7-15-13(18)16-12-6-5-10(4-3-8-17)9-11(12)14/h5-6,9,17H,2,7-8H2,1H3,(H2,15,16,18). The summed E-state index contributed by atoms with van der Waals surface area (Å²) in [5, 5.41) is 13.5. The van der Waals surface area contributed by atoms with Crippen LogP contribution in [0.5, 0.6) is 0 Å². The molecule has 0 bridgehead atoms. The zero-order valence-electron chi connectivity index (χ0n) is 10.1. The van der Waals surface area contributed by atoms with Crippen LogP contribution in [-0.2, 0) is 0 Å². The number of halogens is 1. The van der Waals surface area contributed by atoms with Gasteiger partial charge in [0, 0.05) is 12.1 Å². The number of carbonyl (C=O) groups is 1. The zero-order valence-corrected chi connectivity index (χ0v) is 10.1. The Hall–Kier alpha value is -2.06. The third-order valence-electron chi connectivity index (χ3n) is 2.06. The van der Waals surface area contributed by atoms with Gasteiger partial charge in [-0.05, 0) is 24.6 Å². The summed E-state index contributed by atoms with van der Waals surface area (Å²) in [6.07, 6.45) is 0.811. The van der Waals surface area contributed by atoms with E-state index in [9.17, 15) is 9.18 Å². The predicted molar refractivity (Wildman–Crippen MR) is 67.7 cm³/mol. The lowest BCUT2D eigenvalue weighted by Crippen LogP contribution is -2.29. The fourth-order valence-corrected chi connectivity index (χ4v) is 1.24. The number of benzene rings is 1. The highest BCUT2D eigenvalue weighted by Gasteiger charge is 2.06. The number of hydrogen-bond acceptors (Lipinski definition) is 2. The molecule has 0 aromatic heterocycles. The third-order valence-corrected chi connectivity index (χ3v) is 2.06. The van der Waals surface area contributed by atoms with E-state index in [0.717, 1.165) is 6.42 Å². The first-order valence-corrected chi connectivity index (χ1v) is 5.61. The molecule has 0 radical (unpaired) electrons. The summed E-state index contributed by atoms with van der Waals surface area (Å²) >= 11 is 0. The molecule has 96 valence electrons. The molecular formula is C13H15FN2O2. The molecule has 0 saturated carbocycles. The van der Waals surface area contributed by atoms with Crippen molar-refractivity contribution in [3.05, 3.63) is 29.6 Å². The van der Waals surface area contributed by atoms with Crippen LogP contribution in [0.2, 0.25) is 0 Å². The quantitative estimate of drug-likeness (QED) is 0.715. The maximum atomic E-state index is 13.6. The molecule has 3 N–H and O–H groups in total. The summed E-state index contributed by atoms with van der Waals surface area (Å²) in [5.74, 6) is 4.44. The molecular weight excluding hydrogens is 235 g/mol. The van der Waals surface area contributed by atoms with Crippen LogP contribution >= 0.6 is 0 Å². The fraction of sp³-hybridized carbons (Fsp3) is 0.308. The van der Waals surface area contributed by atoms with Crippen molar-refractivity contribution in [2.75, 3.05) is 18.5 Å². The Morgan fingerprint density at radius 2 is 2.28 bits per heavy atom. The number of rotatable bonds is 3. The lowest BCUT2D eigenvalue weighted by molar-refractivity contribution is 0.252. The van der Waals surface area contributed by atoms with Crippen LogP contribution < -0.4 is 10.6 Å². The van der Waals surface area contributed by atoms with Crippen molar-refractivity contribution in [2.24, 2.45) is 0 Å². The van der Waals surface area contributed by atoms with Gasteiger partial charge in [-0.2, -0.15) is 0 Å². The van der Waals surface area contributed by atoms with E-state index >= 15 is 0 Å². The molecule has 4 nitrogen and oxygen atoms in total. The highest BCUT2D eigenvalue weighted by atomic mass is 19.1. The lowest BCUT2D eigenvalue weighted by Gasteiger charge is -2.07. The minimum absolute atomic E-state index is 0.0955. The van der Waals surface area contributed by atoms with E-state index in [1.54, 1.807) is 6.07 Å². The summed E-state index contributed by atoms with van der Waals surface area (Å²) in [6.45, 7) is 2.18. The number of urea groups is 1. The molecule has 0 aliphatic heterocycles. The first-order chi connectivity index (χ1) is 8.67. The first kappa shape index (κ1) is 14.0. The summed E-state index contributed by atoms with van der Waals surface area (Å²) in [4.78, 5) is 11.3. The second-order valence-electron chi connectivity index (χ2n) is 3.54. The van der Waals surface area contributed by atoms with Crippen LogP contribution in [0.25, 0.3) is 0 Å². The van der Waals surface area contributed by atoms with Crippen LogP contribution in [0.3, 0.4) is 0 Å². The van der Waals surface area contributed by atoms with Crippen molar-refractivity contribution >= 4 is 11.7 Å². The molecule has 2 amide bonds. The molecule has 1 rings (SSSR count). The van der Waals surface area contributed by atoms with E-state index in [4.69, 9.17) is 5.11 Å². The van der Waals surface area contributed by atoms with E-state index < -0.39 is 11.8 Å². The molecule has 1 aromatic rings. The zero-order chi connectivity index (χ0) is 13.4. The summed E-state index contributed by atoms with van der Waals surface area (Å²) in [6, 6.07) is 3.77.